The zero-order chi connectivity index (χ0) is 4.50. The second kappa shape index (κ2) is 1.96. The van der Waals surface area contributed by atoms with Crippen molar-refractivity contribution in [3.63, 3.8) is 0 Å². The van der Waals surface area contributed by atoms with Crippen molar-refractivity contribution in [2.75, 3.05) is 13.3 Å². The molecule has 0 nitrogen and oxygen atoms in total. The second-order valence-corrected chi connectivity index (χ2v) is 18.8. The molecule has 0 heterocycles. The van der Waals surface area contributed by atoms with E-state index >= 15 is 0 Å². The van der Waals surface area contributed by atoms with E-state index in [0.717, 1.165) is 0 Å². The molecule has 0 bridgehead atoms. The molecule has 0 unspecified atom stereocenters. The van der Waals surface area contributed by atoms with Gasteiger partial charge in [0.1, 0.15) is 0 Å². The molecule has 0 N–H and O–H groups in total. The Hall–Kier alpha value is 1.47. The van der Waals surface area contributed by atoms with Crippen molar-refractivity contribution in [1.29, 1.82) is 0 Å². The Morgan fingerprint density at radius 2 is 1.20 bits per heavy atom. The molecular formula is C2H6PSe2+. The maximum absolute atomic E-state index is 3.03. The van der Waals surface area contributed by atoms with Gasteiger partial charge < -0.3 is 0 Å². The van der Waals surface area contributed by atoms with Gasteiger partial charge in [0.2, 0.25) is 0 Å². The molecule has 0 aromatic heterocycles. The summed E-state index contributed by atoms with van der Waals surface area (Å²) in [7, 11) is 0. The molecule has 3 heteroatoms. The number of hydrogen-bond acceptors (Lipinski definition) is 0. The van der Waals surface area contributed by atoms with E-state index in [1.54, 1.807) is 0 Å². The normalized spacial score (nSPS) is 12.0. The zero-order valence-electron chi connectivity index (χ0n) is 3.26. The fraction of sp³-hybridized carbons (Fsp3) is 1.00. The molecule has 2 radical (unpaired) electrons. The van der Waals surface area contributed by atoms with Crippen molar-refractivity contribution in [2.24, 2.45) is 0 Å². The summed E-state index contributed by atoms with van der Waals surface area (Å²) in [6.45, 7) is 4.38. The average molecular weight is 219 g/mol. The third-order valence-electron chi connectivity index (χ3n) is 0. The van der Waals surface area contributed by atoms with Crippen molar-refractivity contribution in [3.8, 4) is 0 Å². The predicted molar refractivity (Wildman–Crippen MR) is 30.3 cm³/mol. The first-order chi connectivity index (χ1) is 2.00. The van der Waals surface area contributed by atoms with E-state index in [1.807, 2.05) is 0 Å². The summed E-state index contributed by atoms with van der Waals surface area (Å²) in [6.07, 6.45) is 0. The van der Waals surface area contributed by atoms with E-state index < -0.39 is 4.64 Å². The third-order valence-corrected chi connectivity index (χ3v) is 0. The van der Waals surface area contributed by atoms with Crippen LogP contribution in [-0.4, -0.2) is 44.5 Å². The van der Waals surface area contributed by atoms with E-state index in [4.69, 9.17) is 0 Å². The summed E-state index contributed by atoms with van der Waals surface area (Å²) in [5.41, 5.74) is 0. The molecule has 0 spiro atoms. The number of hydrogen-bond donors (Lipinski definition) is 0. The minimum absolute atomic E-state index is 0.639. The van der Waals surface area contributed by atoms with Crippen LogP contribution in [0.2, 0.25) is 0 Å². The van der Waals surface area contributed by atoms with Gasteiger partial charge >= 0.3 is 49.1 Å². The van der Waals surface area contributed by atoms with E-state index in [2.05, 4.69) is 44.5 Å². The Kier molecular flexibility index (Phi) is 2.53. The fourth-order valence-electron chi connectivity index (χ4n) is 0. The van der Waals surface area contributed by atoms with E-state index in [1.165, 1.54) is 0 Å². The van der Waals surface area contributed by atoms with Crippen LogP contribution >= 0.6 is 4.64 Å². The Bertz CT molecular complexity index is 23.1. The molecule has 0 aliphatic carbocycles. The molecule has 0 amide bonds. The summed E-state index contributed by atoms with van der Waals surface area (Å²) in [5.74, 6) is 0. The predicted octanol–water partition coefficient (Wildman–Crippen LogP) is 0.431. The summed E-state index contributed by atoms with van der Waals surface area (Å²) in [4.78, 5) is 0. The van der Waals surface area contributed by atoms with E-state index in [-0.39, 0.29) is 0 Å². The third kappa shape index (κ3) is 30.5. The maximum atomic E-state index is 3.03. The molecule has 5 heavy (non-hydrogen) atoms. The van der Waals surface area contributed by atoms with Gasteiger partial charge in [0.25, 0.3) is 0 Å². The van der Waals surface area contributed by atoms with Gasteiger partial charge in [0.05, 0.1) is 0 Å². The molecule has 0 saturated heterocycles. The van der Waals surface area contributed by atoms with E-state index in [0.29, 0.717) is 0 Å². The molecule has 0 fully saturated rings. The molecule has 0 aromatic rings. The molecule has 30 valence electrons. The molecule has 0 aromatic carbocycles. The van der Waals surface area contributed by atoms with Crippen LogP contribution in [0.3, 0.4) is 0 Å². The van der Waals surface area contributed by atoms with E-state index in [9.17, 15) is 0 Å². The first kappa shape index (κ1) is 6.47. The van der Waals surface area contributed by atoms with Gasteiger partial charge in [-0.15, -0.1) is 0 Å². The van der Waals surface area contributed by atoms with Crippen molar-refractivity contribution in [2.45, 2.75) is 0 Å². The molecule has 0 aliphatic rings. The van der Waals surface area contributed by atoms with Crippen LogP contribution in [0.5, 0.6) is 0 Å². The second-order valence-electron chi connectivity index (χ2n) is 1.25. The van der Waals surface area contributed by atoms with Gasteiger partial charge in [0, 0.05) is 0 Å². The van der Waals surface area contributed by atoms with Gasteiger partial charge in [-0.2, -0.15) is 0 Å². The first-order valence-electron chi connectivity index (χ1n) is 1.26. The molecule has 0 atom stereocenters. The van der Waals surface area contributed by atoms with Crippen LogP contribution in [0.4, 0.5) is 0 Å². The van der Waals surface area contributed by atoms with Crippen LogP contribution in [-0.2, 0) is 0 Å². The van der Waals surface area contributed by atoms with Crippen molar-refractivity contribution >= 4 is 35.8 Å². The van der Waals surface area contributed by atoms with Crippen molar-refractivity contribution in [3.05, 3.63) is 0 Å². The first-order valence-corrected chi connectivity index (χ1v) is 8.38. The molecule has 0 rings (SSSR count). The Balaban J connectivity index is 3.02. The molecule has 0 saturated carbocycles. The zero-order valence-corrected chi connectivity index (χ0v) is 7.58. The minimum atomic E-state index is -0.639. The summed E-state index contributed by atoms with van der Waals surface area (Å²) >= 11 is 6.07. The van der Waals surface area contributed by atoms with Gasteiger partial charge in [-0.25, -0.2) is 0 Å². The van der Waals surface area contributed by atoms with Crippen LogP contribution < -0.4 is 0 Å². The van der Waals surface area contributed by atoms with Gasteiger partial charge in [-0.3, -0.25) is 0 Å². The quantitative estimate of drug-likeness (QED) is 0.409. The summed E-state index contributed by atoms with van der Waals surface area (Å²) in [5, 5.41) is 0. The summed E-state index contributed by atoms with van der Waals surface area (Å²) < 4.78 is -0.639. The topological polar surface area (TPSA) is 0 Å². The van der Waals surface area contributed by atoms with Gasteiger partial charge in [-0.1, -0.05) is 0 Å². The van der Waals surface area contributed by atoms with Crippen LogP contribution in [0.1, 0.15) is 0 Å². The van der Waals surface area contributed by atoms with Gasteiger partial charge in [0.15, 0.2) is 0 Å². The summed E-state index contributed by atoms with van der Waals surface area (Å²) in [6, 6.07) is 0. The SMILES string of the molecule is C[P+](C)([Se])[Se]. The van der Waals surface area contributed by atoms with Crippen LogP contribution in [0, 0.1) is 0 Å². The van der Waals surface area contributed by atoms with Crippen LogP contribution in [0.25, 0.3) is 0 Å². The monoisotopic (exact) mass is 221 g/mol. The Morgan fingerprint density at radius 1 is 1.20 bits per heavy atom. The fourth-order valence-corrected chi connectivity index (χ4v) is 0. The van der Waals surface area contributed by atoms with Crippen LogP contribution in [0.15, 0.2) is 0 Å². The standard InChI is InChI=1S/C2H6PSe2/c1-3(2,4)5/h1-2H3/q+1. The average Bonchev–Trinajstić information content (AvgIpc) is 0.722. The molecular weight excluding hydrogens is 213 g/mol. The Labute approximate surface area is 49.3 Å². The molecule has 0 aliphatic heterocycles. The Morgan fingerprint density at radius 3 is 1.20 bits per heavy atom. The number of rotatable bonds is 0. The van der Waals surface area contributed by atoms with Gasteiger partial charge in [-0.05, 0) is 0 Å². The van der Waals surface area contributed by atoms with Crippen molar-refractivity contribution < 1.29 is 0 Å². The van der Waals surface area contributed by atoms with Crippen molar-refractivity contribution in [1.82, 2.24) is 0 Å².